The van der Waals surface area contributed by atoms with Crippen LogP contribution in [-0.2, 0) is 0 Å². The van der Waals surface area contributed by atoms with E-state index in [1.807, 2.05) is 0 Å². The van der Waals surface area contributed by atoms with Gasteiger partial charge in [0.05, 0.1) is 0 Å². The zero-order valence-electron chi connectivity index (χ0n) is 11.5. The first-order valence-electron chi connectivity index (χ1n) is 7.19. The zero-order chi connectivity index (χ0) is 12.5. The molecule has 4 rings (SSSR count). The average molecular weight is 241 g/mol. The van der Waals surface area contributed by atoms with Crippen LogP contribution in [0.5, 0.6) is 0 Å². The van der Waals surface area contributed by atoms with Gasteiger partial charge in [0.1, 0.15) is 0 Å². The van der Waals surface area contributed by atoms with Crippen LogP contribution in [0.1, 0.15) is 31.2 Å². The predicted octanol–water partition coefficient (Wildman–Crippen LogP) is 3.82. The van der Waals surface area contributed by atoms with Crippen molar-refractivity contribution < 1.29 is 0 Å². The van der Waals surface area contributed by atoms with Crippen LogP contribution in [0.4, 0.5) is 0 Å². The van der Waals surface area contributed by atoms with E-state index >= 15 is 0 Å². The molecule has 0 radical (unpaired) electrons. The van der Waals surface area contributed by atoms with Crippen molar-refractivity contribution in [3.63, 3.8) is 0 Å². The van der Waals surface area contributed by atoms with Crippen molar-refractivity contribution in [2.24, 2.45) is 11.8 Å². The highest BCUT2D eigenvalue weighted by Crippen LogP contribution is 2.49. The van der Waals surface area contributed by atoms with Crippen LogP contribution in [-0.4, -0.2) is 25.5 Å². The number of fused-ring (bicyclic) bond motifs is 2. The molecule has 1 fully saturated rings. The van der Waals surface area contributed by atoms with Gasteiger partial charge in [-0.15, -0.1) is 0 Å². The minimum absolute atomic E-state index is 0.826. The summed E-state index contributed by atoms with van der Waals surface area (Å²) in [5, 5.41) is 0. The van der Waals surface area contributed by atoms with Crippen molar-refractivity contribution in [3.05, 3.63) is 41.5 Å². The second kappa shape index (κ2) is 4.89. The highest BCUT2D eigenvalue weighted by molar-refractivity contribution is 5.73. The van der Waals surface area contributed by atoms with Gasteiger partial charge in [-0.05, 0) is 68.3 Å². The molecule has 0 amide bonds. The lowest BCUT2D eigenvalue weighted by molar-refractivity contribution is 0.299. The molecule has 0 atom stereocenters. The molecule has 3 aliphatic rings. The summed E-state index contributed by atoms with van der Waals surface area (Å²) in [5.41, 5.74) is 4.89. The second-order valence-electron chi connectivity index (χ2n) is 6.09. The summed E-state index contributed by atoms with van der Waals surface area (Å²) in [7, 11) is 4.38. The number of hydrogen-bond donors (Lipinski definition) is 0. The SMILES string of the molecule is CN(C)CC1=C(c2ccccc2)C2CCC1CC2. The summed E-state index contributed by atoms with van der Waals surface area (Å²) in [6, 6.07) is 11.1. The first-order valence-corrected chi connectivity index (χ1v) is 7.19. The molecule has 1 nitrogen and oxygen atoms in total. The fourth-order valence-corrected chi connectivity index (χ4v) is 3.81. The molecule has 2 bridgehead atoms. The van der Waals surface area contributed by atoms with Crippen molar-refractivity contribution in [3.8, 4) is 0 Å². The highest BCUT2D eigenvalue weighted by Gasteiger charge is 2.35. The lowest BCUT2D eigenvalue weighted by atomic mass is 9.65. The number of hydrogen-bond acceptors (Lipinski definition) is 1. The van der Waals surface area contributed by atoms with Gasteiger partial charge in [0, 0.05) is 6.54 Å². The van der Waals surface area contributed by atoms with E-state index in [0.29, 0.717) is 0 Å². The van der Waals surface area contributed by atoms with E-state index in [1.165, 1.54) is 31.2 Å². The van der Waals surface area contributed by atoms with Gasteiger partial charge in [0.25, 0.3) is 0 Å². The van der Waals surface area contributed by atoms with Crippen LogP contribution in [0.25, 0.3) is 5.57 Å². The quantitative estimate of drug-likeness (QED) is 0.777. The fraction of sp³-hybridized carbons (Fsp3) is 0.529. The number of likely N-dealkylation sites (N-methyl/N-ethyl adjacent to an activating group) is 1. The summed E-state index contributed by atoms with van der Waals surface area (Å²) in [4.78, 5) is 2.33. The van der Waals surface area contributed by atoms with E-state index in [-0.39, 0.29) is 0 Å². The zero-order valence-corrected chi connectivity index (χ0v) is 11.5. The van der Waals surface area contributed by atoms with Crippen molar-refractivity contribution in [2.75, 3.05) is 20.6 Å². The van der Waals surface area contributed by atoms with Crippen LogP contribution in [0.2, 0.25) is 0 Å². The molecule has 0 saturated heterocycles. The van der Waals surface area contributed by atoms with E-state index < -0.39 is 0 Å². The molecule has 96 valence electrons. The topological polar surface area (TPSA) is 3.24 Å². The average Bonchev–Trinajstić information content (AvgIpc) is 2.40. The Hall–Kier alpha value is -1.08. The lowest BCUT2D eigenvalue weighted by Crippen LogP contribution is -2.31. The first-order chi connectivity index (χ1) is 8.75. The number of allylic oxidation sites excluding steroid dienone is 1. The fourth-order valence-electron chi connectivity index (χ4n) is 3.81. The van der Waals surface area contributed by atoms with Gasteiger partial charge in [0.2, 0.25) is 0 Å². The molecule has 1 heteroatoms. The Morgan fingerprint density at radius 3 is 2.17 bits per heavy atom. The Balaban J connectivity index is 2.05. The van der Waals surface area contributed by atoms with Crippen molar-refractivity contribution in [1.29, 1.82) is 0 Å². The van der Waals surface area contributed by atoms with Crippen LogP contribution in [0.3, 0.4) is 0 Å². The molecule has 0 heterocycles. The number of benzene rings is 1. The summed E-state index contributed by atoms with van der Waals surface area (Å²) < 4.78 is 0. The number of nitrogens with zero attached hydrogens (tertiary/aromatic N) is 1. The van der Waals surface area contributed by atoms with E-state index in [0.717, 1.165) is 18.4 Å². The molecular formula is C17H23N. The predicted molar refractivity (Wildman–Crippen MR) is 77.4 cm³/mol. The van der Waals surface area contributed by atoms with Gasteiger partial charge in [-0.1, -0.05) is 30.3 Å². The van der Waals surface area contributed by atoms with Crippen LogP contribution < -0.4 is 0 Å². The molecule has 1 aromatic rings. The van der Waals surface area contributed by atoms with E-state index in [4.69, 9.17) is 0 Å². The normalized spacial score (nSPS) is 27.1. The van der Waals surface area contributed by atoms with Crippen LogP contribution in [0, 0.1) is 11.8 Å². The van der Waals surface area contributed by atoms with Crippen molar-refractivity contribution in [1.82, 2.24) is 4.90 Å². The molecule has 18 heavy (non-hydrogen) atoms. The molecule has 0 spiro atoms. The maximum atomic E-state index is 2.33. The van der Waals surface area contributed by atoms with Gasteiger partial charge in [-0.3, -0.25) is 0 Å². The highest BCUT2D eigenvalue weighted by atomic mass is 15.1. The van der Waals surface area contributed by atoms with E-state index in [9.17, 15) is 0 Å². The number of rotatable bonds is 3. The van der Waals surface area contributed by atoms with Crippen molar-refractivity contribution in [2.45, 2.75) is 25.7 Å². The molecule has 1 aromatic carbocycles. The van der Waals surface area contributed by atoms with Gasteiger partial charge < -0.3 is 4.90 Å². The Morgan fingerprint density at radius 1 is 0.944 bits per heavy atom. The maximum Gasteiger partial charge on any atom is 0.0195 e. The summed E-state index contributed by atoms with van der Waals surface area (Å²) in [6.45, 7) is 1.14. The van der Waals surface area contributed by atoms with Gasteiger partial charge >= 0.3 is 0 Å². The Kier molecular flexibility index (Phi) is 3.25. The first kappa shape index (κ1) is 12.0. The third-order valence-electron chi connectivity index (χ3n) is 4.55. The molecular weight excluding hydrogens is 218 g/mol. The Labute approximate surface area is 111 Å². The molecule has 0 aromatic heterocycles. The monoisotopic (exact) mass is 241 g/mol. The Bertz CT molecular complexity index is 436. The Morgan fingerprint density at radius 2 is 1.56 bits per heavy atom. The van der Waals surface area contributed by atoms with E-state index in [1.54, 1.807) is 11.1 Å². The minimum atomic E-state index is 0.826. The molecule has 0 aliphatic heterocycles. The van der Waals surface area contributed by atoms with E-state index in [2.05, 4.69) is 49.3 Å². The summed E-state index contributed by atoms with van der Waals surface area (Å²) >= 11 is 0. The van der Waals surface area contributed by atoms with Gasteiger partial charge in [-0.2, -0.15) is 0 Å². The molecule has 3 aliphatic carbocycles. The third kappa shape index (κ3) is 2.12. The lowest BCUT2D eigenvalue weighted by Gasteiger charge is -2.41. The molecule has 0 unspecified atom stereocenters. The largest absolute Gasteiger partial charge is 0.305 e. The van der Waals surface area contributed by atoms with Gasteiger partial charge in [-0.25, -0.2) is 0 Å². The van der Waals surface area contributed by atoms with Crippen LogP contribution in [0.15, 0.2) is 35.9 Å². The van der Waals surface area contributed by atoms with Gasteiger partial charge in [0.15, 0.2) is 0 Å². The second-order valence-corrected chi connectivity index (χ2v) is 6.09. The standard InChI is InChI=1S/C17H23N/c1-18(2)12-16-13-8-10-15(11-9-13)17(16)14-6-4-3-5-7-14/h3-7,13,15H,8-12H2,1-2H3. The smallest absolute Gasteiger partial charge is 0.0195 e. The summed E-state index contributed by atoms with van der Waals surface area (Å²) in [6.07, 6.45) is 5.66. The van der Waals surface area contributed by atoms with Crippen LogP contribution >= 0.6 is 0 Å². The maximum absolute atomic E-state index is 2.33. The minimum Gasteiger partial charge on any atom is -0.305 e. The molecule has 0 N–H and O–H groups in total. The molecule has 1 saturated carbocycles. The summed E-state index contributed by atoms with van der Waals surface area (Å²) in [5.74, 6) is 1.68. The third-order valence-corrected chi connectivity index (χ3v) is 4.55. The van der Waals surface area contributed by atoms with Crippen molar-refractivity contribution >= 4 is 5.57 Å².